The molecule has 0 aromatic rings. The number of aldehydes is 1. The average Bonchev–Trinajstić information content (AvgIpc) is 3.86. The number of hydrogen-bond acceptors (Lipinski definition) is 13. The zero-order chi connectivity index (χ0) is 46.1. The number of carbonyl (C=O) groups excluding carboxylic acids is 10. The van der Waals surface area contributed by atoms with Crippen LogP contribution in [0, 0.1) is 11.8 Å². The van der Waals surface area contributed by atoms with Crippen LogP contribution in [0.2, 0.25) is 0 Å². The molecule has 62 heavy (non-hydrogen) atoms. The number of nitrogens with one attached hydrogen (secondary N) is 6. The molecule has 18 nitrogen and oxygen atoms in total. The van der Waals surface area contributed by atoms with Crippen molar-refractivity contribution in [1.82, 2.24) is 36.8 Å². The van der Waals surface area contributed by atoms with Gasteiger partial charge in [0.2, 0.25) is 35.4 Å². The number of carbonyl (C=O) groups is 10. The second-order valence-corrected chi connectivity index (χ2v) is 20.2. The van der Waals surface area contributed by atoms with Gasteiger partial charge in [0.1, 0.15) is 48.1 Å². The summed E-state index contributed by atoms with van der Waals surface area (Å²) in [6.07, 6.45) is 3.52. The van der Waals surface area contributed by atoms with E-state index < -0.39 is 93.7 Å². The van der Waals surface area contributed by atoms with Crippen molar-refractivity contribution in [1.29, 1.82) is 0 Å². The van der Waals surface area contributed by atoms with Crippen LogP contribution in [0.5, 0.6) is 0 Å². The van der Waals surface area contributed by atoms with Gasteiger partial charge in [0.25, 0.3) is 5.91 Å². The summed E-state index contributed by atoms with van der Waals surface area (Å²) >= 11 is 3.33. The number of rotatable bonds is 24. The summed E-state index contributed by atoms with van der Waals surface area (Å²) in [5, 5.41) is 26.8. The molecular formula is C42H67N7O11S2. The van der Waals surface area contributed by atoms with E-state index in [1.807, 2.05) is 6.92 Å². The molecule has 0 radical (unpaired) electrons. The lowest BCUT2D eigenvalue weighted by Gasteiger charge is -2.36. The number of thioether (sulfide) groups is 2. The van der Waals surface area contributed by atoms with E-state index in [2.05, 4.69) is 31.9 Å². The van der Waals surface area contributed by atoms with Crippen LogP contribution in [-0.4, -0.2) is 140 Å². The Bertz CT molecular complexity index is 1640. The average molecular weight is 910 g/mol. The highest BCUT2D eigenvalue weighted by Gasteiger charge is 2.53. The molecule has 1 saturated carbocycles. The molecule has 7 atom stereocenters. The highest BCUT2D eigenvalue weighted by molar-refractivity contribution is 8.21. The number of nitrogens with zero attached hydrogens (tertiary/aromatic N) is 1. The summed E-state index contributed by atoms with van der Waals surface area (Å²) in [6, 6.07) is -6.69. The predicted octanol–water partition coefficient (Wildman–Crippen LogP) is 0.658. The SMILES string of the molecule is CCCC(NC(=O)C1CC2(CN1C(=O)C(NC(=O)C(NC(=O)C(CCC(C)=O)NC(=O)C(CCC(C)=O)NC(C)=O)C(C)C)C1CCCCC1)SCCS2)C(O)C(=O)NCC=O. The van der Waals surface area contributed by atoms with Gasteiger partial charge in [-0.15, -0.1) is 23.5 Å². The Labute approximate surface area is 372 Å². The Morgan fingerprint density at radius 1 is 0.758 bits per heavy atom. The van der Waals surface area contributed by atoms with E-state index in [0.717, 1.165) is 30.8 Å². The molecule has 348 valence electrons. The molecule has 2 heterocycles. The van der Waals surface area contributed by atoms with Crippen LogP contribution in [0.15, 0.2) is 0 Å². The molecule has 3 fully saturated rings. The van der Waals surface area contributed by atoms with Crippen molar-refractivity contribution in [3.63, 3.8) is 0 Å². The minimum atomic E-state index is -1.65. The smallest absolute Gasteiger partial charge is 0.251 e. The summed E-state index contributed by atoms with van der Waals surface area (Å²) in [5.41, 5.74) is 0. The Morgan fingerprint density at radius 3 is 1.87 bits per heavy atom. The van der Waals surface area contributed by atoms with Gasteiger partial charge in [-0.1, -0.05) is 46.5 Å². The lowest BCUT2D eigenvalue weighted by Crippen LogP contribution is -2.62. The van der Waals surface area contributed by atoms with Crippen LogP contribution in [0.1, 0.15) is 119 Å². The first kappa shape index (κ1) is 52.3. The lowest BCUT2D eigenvalue weighted by molar-refractivity contribution is -0.144. The summed E-state index contributed by atoms with van der Waals surface area (Å²) in [5.74, 6) is -4.13. The zero-order valence-electron chi connectivity index (χ0n) is 36.9. The van der Waals surface area contributed by atoms with Crippen molar-refractivity contribution in [2.75, 3.05) is 24.6 Å². The molecule has 3 aliphatic rings. The molecule has 1 aliphatic carbocycles. The summed E-state index contributed by atoms with van der Waals surface area (Å²) in [6.45, 7) is 9.05. The quantitative estimate of drug-likeness (QED) is 0.0658. The molecular weight excluding hydrogens is 843 g/mol. The summed E-state index contributed by atoms with van der Waals surface area (Å²) in [4.78, 5) is 132. The number of ketones is 2. The second kappa shape index (κ2) is 25.3. The monoisotopic (exact) mass is 909 g/mol. The Morgan fingerprint density at radius 2 is 1.34 bits per heavy atom. The minimum absolute atomic E-state index is 0.00863. The van der Waals surface area contributed by atoms with E-state index in [-0.39, 0.29) is 62.7 Å². The molecule has 2 saturated heterocycles. The standard InChI is InChI=1S/C42H67N7O11S2/c1-7-11-29(35(54)40(59)43-18-19-50)45-38(57)32-22-42(61-20-21-62-42)23-49(32)41(60)34(28-12-9-8-10-13-28)48-39(58)33(24(2)3)47-37(56)31(17-15-26(5)52)46-36(55)30(44-27(6)53)16-14-25(4)51/h19,24,28-35,54H,7-18,20-23H2,1-6H3,(H,43,59)(H,44,53)(H,45,57)(H,46,55)(H,47,56)(H,48,58). The van der Waals surface area contributed by atoms with Gasteiger partial charge in [-0.3, -0.25) is 33.6 Å². The minimum Gasteiger partial charge on any atom is -0.381 e. The molecule has 7 N–H and O–H groups in total. The number of Topliss-reactive ketones (excluding diaryl/α,β-unsaturated/α-hetero) is 2. The highest BCUT2D eigenvalue weighted by atomic mass is 32.2. The number of amides is 7. The molecule has 0 aromatic carbocycles. The fourth-order valence-corrected chi connectivity index (χ4v) is 11.4. The maximum absolute atomic E-state index is 15.0. The van der Waals surface area contributed by atoms with E-state index in [9.17, 15) is 53.1 Å². The molecule has 1 spiro atoms. The first-order valence-corrected chi connectivity index (χ1v) is 23.7. The predicted molar refractivity (Wildman–Crippen MR) is 234 cm³/mol. The molecule has 0 aromatic heterocycles. The molecule has 7 amide bonds. The Kier molecular flexibility index (Phi) is 21.3. The van der Waals surface area contributed by atoms with E-state index in [1.54, 1.807) is 37.4 Å². The van der Waals surface area contributed by atoms with Gasteiger partial charge in [-0.05, 0) is 57.8 Å². The maximum atomic E-state index is 15.0. The van der Waals surface area contributed by atoms with Crippen LogP contribution in [0.4, 0.5) is 0 Å². The fraction of sp³-hybridized carbons (Fsp3) is 0.762. The largest absolute Gasteiger partial charge is 0.381 e. The van der Waals surface area contributed by atoms with Crippen molar-refractivity contribution in [2.45, 2.75) is 165 Å². The summed E-state index contributed by atoms with van der Waals surface area (Å²) < 4.78 is -0.488. The van der Waals surface area contributed by atoms with Gasteiger partial charge in [-0.2, -0.15) is 0 Å². The number of likely N-dealkylation sites (tertiary alicyclic amines) is 1. The van der Waals surface area contributed by atoms with E-state index in [1.165, 1.54) is 25.7 Å². The van der Waals surface area contributed by atoms with Gasteiger partial charge in [-0.25, -0.2) is 0 Å². The van der Waals surface area contributed by atoms with Crippen molar-refractivity contribution < 1.29 is 53.1 Å². The number of aliphatic hydroxyl groups is 1. The molecule has 3 rings (SSSR count). The van der Waals surface area contributed by atoms with Crippen molar-refractivity contribution in [2.24, 2.45) is 11.8 Å². The third-order valence-electron chi connectivity index (χ3n) is 11.5. The number of hydrogen-bond donors (Lipinski definition) is 7. The molecule has 20 heteroatoms. The van der Waals surface area contributed by atoms with Crippen LogP contribution >= 0.6 is 23.5 Å². The van der Waals surface area contributed by atoms with Crippen LogP contribution < -0.4 is 31.9 Å². The first-order valence-electron chi connectivity index (χ1n) is 21.8. The van der Waals surface area contributed by atoms with Gasteiger partial charge in [0.05, 0.1) is 16.7 Å². The Hall–Kier alpha value is -4.04. The topological polar surface area (TPSA) is 266 Å². The second-order valence-electron chi connectivity index (χ2n) is 17.0. The maximum Gasteiger partial charge on any atom is 0.251 e. The fourth-order valence-electron chi connectivity index (χ4n) is 8.15. The summed E-state index contributed by atoms with van der Waals surface area (Å²) in [7, 11) is 0. The van der Waals surface area contributed by atoms with Crippen molar-refractivity contribution in [3.8, 4) is 0 Å². The van der Waals surface area contributed by atoms with Gasteiger partial charge >= 0.3 is 0 Å². The van der Waals surface area contributed by atoms with Gasteiger partial charge in [0, 0.05) is 44.2 Å². The van der Waals surface area contributed by atoms with Crippen LogP contribution in [-0.2, 0) is 47.9 Å². The Balaban J connectivity index is 1.91. The lowest BCUT2D eigenvalue weighted by atomic mass is 9.83. The molecule has 0 bridgehead atoms. The van der Waals surface area contributed by atoms with Gasteiger partial charge < -0.3 is 56.3 Å². The zero-order valence-corrected chi connectivity index (χ0v) is 38.5. The normalized spacial score (nSPS) is 20.2. The van der Waals surface area contributed by atoms with Gasteiger partial charge in [0.15, 0.2) is 6.10 Å². The van der Waals surface area contributed by atoms with Crippen LogP contribution in [0.3, 0.4) is 0 Å². The molecule has 7 unspecified atom stereocenters. The van der Waals surface area contributed by atoms with Crippen LogP contribution in [0.25, 0.3) is 0 Å². The van der Waals surface area contributed by atoms with Crippen molar-refractivity contribution >= 4 is 82.7 Å². The third kappa shape index (κ3) is 15.6. The first-order chi connectivity index (χ1) is 29.3. The van der Waals surface area contributed by atoms with Crippen molar-refractivity contribution in [3.05, 3.63) is 0 Å². The number of aliphatic hydroxyl groups excluding tert-OH is 1. The van der Waals surface area contributed by atoms with E-state index >= 15 is 0 Å². The van der Waals surface area contributed by atoms with E-state index in [0.29, 0.717) is 32.0 Å². The highest BCUT2D eigenvalue weighted by Crippen LogP contribution is 2.52. The third-order valence-corrected chi connectivity index (χ3v) is 14.9. The van der Waals surface area contributed by atoms with E-state index in [4.69, 9.17) is 0 Å². The molecule has 2 aliphatic heterocycles.